The first-order valence-corrected chi connectivity index (χ1v) is 5.87. The summed E-state index contributed by atoms with van der Waals surface area (Å²) in [5.41, 5.74) is 6.88. The Morgan fingerprint density at radius 3 is 3.00 bits per heavy atom. The molecule has 0 amide bonds. The predicted molar refractivity (Wildman–Crippen MR) is 61.8 cm³/mol. The lowest BCUT2D eigenvalue weighted by atomic mass is 10.2. The molecule has 0 bridgehead atoms. The third-order valence-corrected chi connectivity index (χ3v) is 3.75. The molecule has 2 rings (SSSR count). The Morgan fingerprint density at radius 2 is 2.33 bits per heavy atom. The van der Waals surface area contributed by atoms with Gasteiger partial charge in [0.25, 0.3) is 0 Å². The van der Waals surface area contributed by atoms with Gasteiger partial charge in [-0.05, 0) is 12.1 Å². The molecule has 15 heavy (non-hydrogen) atoms. The molecule has 2 N–H and O–H groups in total. The molecule has 0 radical (unpaired) electrons. The van der Waals surface area contributed by atoms with E-state index in [0.717, 1.165) is 9.24 Å². The fourth-order valence-electron chi connectivity index (χ4n) is 1.09. The van der Waals surface area contributed by atoms with Gasteiger partial charge in [0.15, 0.2) is 4.34 Å². The van der Waals surface area contributed by atoms with Crippen molar-refractivity contribution in [2.45, 2.75) is 9.24 Å². The number of nitrogens with two attached hydrogens (primary N) is 1. The maximum Gasteiger partial charge on any atom is 0.154 e. The molecule has 0 aliphatic carbocycles. The van der Waals surface area contributed by atoms with Gasteiger partial charge in [0.1, 0.15) is 6.07 Å². The van der Waals surface area contributed by atoms with Gasteiger partial charge in [-0.25, -0.2) is 4.98 Å². The van der Waals surface area contributed by atoms with Gasteiger partial charge in [-0.3, -0.25) is 0 Å². The van der Waals surface area contributed by atoms with Crippen molar-refractivity contribution in [1.29, 1.82) is 5.26 Å². The fraction of sp³-hybridized carbons (Fsp3) is 0. The fourth-order valence-corrected chi connectivity index (χ4v) is 2.74. The van der Waals surface area contributed by atoms with Gasteiger partial charge in [0.2, 0.25) is 0 Å². The first-order valence-electron chi connectivity index (χ1n) is 4.17. The van der Waals surface area contributed by atoms with Gasteiger partial charge >= 0.3 is 0 Å². The van der Waals surface area contributed by atoms with Gasteiger partial charge < -0.3 is 5.73 Å². The number of hydrogen-bond acceptors (Lipinski definition) is 5. The average molecular weight is 233 g/mol. The lowest BCUT2D eigenvalue weighted by Gasteiger charge is -2.03. The van der Waals surface area contributed by atoms with Crippen molar-refractivity contribution >= 4 is 28.8 Å². The largest absolute Gasteiger partial charge is 0.397 e. The number of rotatable bonds is 2. The van der Waals surface area contributed by atoms with Crippen LogP contribution in [-0.2, 0) is 0 Å². The van der Waals surface area contributed by atoms with Gasteiger partial charge in [-0.2, -0.15) is 5.26 Å². The number of benzene rings is 1. The molecule has 1 aromatic carbocycles. The summed E-state index contributed by atoms with van der Waals surface area (Å²) in [5.74, 6) is 0. The van der Waals surface area contributed by atoms with Crippen LogP contribution in [0.4, 0.5) is 5.69 Å². The van der Waals surface area contributed by atoms with Crippen molar-refractivity contribution in [3.05, 3.63) is 35.3 Å². The highest BCUT2D eigenvalue weighted by Gasteiger charge is 2.06. The van der Waals surface area contributed by atoms with E-state index in [4.69, 9.17) is 11.0 Å². The molecule has 0 fully saturated rings. The second kappa shape index (κ2) is 4.34. The summed E-state index contributed by atoms with van der Waals surface area (Å²) in [6.07, 6.45) is 1.75. The van der Waals surface area contributed by atoms with Gasteiger partial charge in [-0.15, -0.1) is 11.3 Å². The summed E-state index contributed by atoms with van der Waals surface area (Å²) >= 11 is 3.04. The Hall–Kier alpha value is -1.51. The number of thiazole rings is 1. The van der Waals surface area contributed by atoms with Crippen LogP contribution in [0.5, 0.6) is 0 Å². The Bertz CT molecular complexity index is 500. The van der Waals surface area contributed by atoms with E-state index in [2.05, 4.69) is 11.1 Å². The number of anilines is 1. The average Bonchev–Trinajstić information content (AvgIpc) is 2.74. The highest BCUT2D eigenvalue weighted by atomic mass is 32.2. The topological polar surface area (TPSA) is 62.7 Å². The lowest BCUT2D eigenvalue weighted by Crippen LogP contribution is -1.92. The number of para-hydroxylation sites is 1. The number of aromatic nitrogens is 1. The van der Waals surface area contributed by atoms with E-state index >= 15 is 0 Å². The molecule has 2 aromatic rings. The predicted octanol–water partition coefficient (Wildman–Crippen LogP) is 2.75. The quantitative estimate of drug-likeness (QED) is 0.810. The summed E-state index contributed by atoms with van der Waals surface area (Å²) in [6, 6.07) is 7.48. The molecule has 1 heterocycles. The molecular formula is C10H7N3S2. The van der Waals surface area contributed by atoms with Crippen LogP contribution in [-0.4, -0.2) is 4.98 Å². The number of nitrogen functional groups attached to an aromatic ring is 1. The monoisotopic (exact) mass is 233 g/mol. The van der Waals surface area contributed by atoms with Gasteiger partial charge in [0, 0.05) is 16.5 Å². The Morgan fingerprint density at radius 1 is 1.47 bits per heavy atom. The summed E-state index contributed by atoms with van der Waals surface area (Å²) < 4.78 is 0.928. The molecule has 0 saturated heterocycles. The van der Waals surface area contributed by atoms with E-state index in [-0.39, 0.29) is 0 Å². The summed E-state index contributed by atoms with van der Waals surface area (Å²) in [4.78, 5) is 5.03. The minimum absolute atomic E-state index is 0.511. The molecule has 0 spiro atoms. The van der Waals surface area contributed by atoms with Crippen LogP contribution >= 0.6 is 23.1 Å². The second-order valence-electron chi connectivity index (χ2n) is 2.73. The zero-order valence-electron chi connectivity index (χ0n) is 7.68. The molecule has 0 unspecified atom stereocenters. The molecule has 0 aliphatic heterocycles. The van der Waals surface area contributed by atoms with Crippen molar-refractivity contribution in [1.82, 2.24) is 4.98 Å². The van der Waals surface area contributed by atoms with Crippen molar-refractivity contribution in [3.8, 4) is 6.07 Å². The molecule has 0 aliphatic rings. The van der Waals surface area contributed by atoms with Crippen LogP contribution in [0.25, 0.3) is 0 Å². The van der Waals surface area contributed by atoms with E-state index in [1.54, 1.807) is 23.6 Å². The SMILES string of the molecule is N#Cc1cccc(Sc2nccs2)c1N. The zero-order chi connectivity index (χ0) is 10.7. The normalized spacial score (nSPS) is 9.80. The highest BCUT2D eigenvalue weighted by Crippen LogP contribution is 2.34. The van der Waals surface area contributed by atoms with Crippen molar-refractivity contribution in [3.63, 3.8) is 0 Å². The van der Waals surface area contributed by atoms with Gasteiger partial charge in [0.05, 0.1) is 11.3 Å². The minimum Gasteiger partial charge on any atom is -0.397 e. The first kappa shape index (κ1) is 10.0. The lowest BCUT2D eigenvalue weighted by molar-refractivity contribution is 1.25. The summed E-state index contributed by atoms with van der Waals surface area (Å²) in [5, 5.41) is 10.7. The maximum atomic E-state index is 8.82. The van der Waals surface area contributed by atoms with Crippen LogP contribution in [0.3, 0.4) is 0 Å². The zero-order valence-corrected chi connectivity index (χ0v) is 9.31. The maximum absolute atomic E-state index is 8.82. The van der Waals surface area contributed by atoms with E-state index in [1.165, 1.54) is 11.8 Å². The Labute approximate surface area is 95.6 Å². The standard InChI is InChI=1S/C10H7N3S2/c11-6-7-2-1-3-8(9(7)12)15-10-13-4-5-14-10/h1-5H,12H2. The van der Waals surface area contributed by atoms with Crippen molar-refractivity contribution in [2.75, 3.05) is 5.73 Å². The minimum atomic E-state index is 0.511. The summed E-state index contributed by atoms with van der Waals surface area (Å²) in [6.45, 7) is 0. The second-order valence-corrected chi connectivity index (χ2v) is 4.91. The number of hydrogen-bond donors (Lipinski definition) is 1. The van der Waals surface area contributed by atoms with Crippen LogP contribution in [0.15, 0.2) is 39.0 Å². The Balaban J connectivity index is 2.34. The third kappa shape index (κ3) is 2.12. The molecule has 1 aromatic heterocycles. The highest BCUT2D eigenvalue weighted by molar-refractivity contribution is 8.01. The molecule has 0 saturated carbocycles. The number of nitrogens with zero attached hydrogens (tertiary/aromatic N) is 2. The van der Waals surface area contributed by atoms with Crippen LogP contribution in [0.2, 0.25) is 0 Å². The van der Waals surface area contributed by atoms with Crippen LogP contribution < -0.4 is 5.73 Å². The van der Waals surface area contributed by atoms with Gasteiger partial charge in [-0.1, -0.05) is 17.8 Å². The smallest absolute Gasteiger partial charge is 0.154 e. The Kier molecular flexibility index (Phi) is 2.90. The number of nitriles is 1. The van der Waals surface area contributed by atoms with Crippen molar-refractivity contribution in [2.24, 2.45) is 0 Å². The molecular weight excluding hydrogens is 226 g/mol. The summed E-state index contributed by atoms with van der Waals surface area (Å²) in [7, 11) is 0. The molecule has 5 heteroatoms. The molecule has 74 valence electrons. The van der Waals surface area contributed by atoms with Crippen LogP contribution in [0, 0.1) is 11.3 Å². The van der Waals surface area contributed by atoms with E-state index < -0.39 is 0 Å². The first-order chi connectivity index (χ1) is 7.31. The van der Waals surface area contributed by atoms with E-state index in [9.17, 15) is 0 Å². The van der Waals surface area contributed by atoms with E-state index in [0.29, 0.717) is 11.3 Å². The van der Waals surface area contributed by atoms with E-state index in [1.807, 2.05) is 17.5 Å². The molecule has 3 nitrogen and oxygen atoms in total. The van der Waals surface area contributed by atoms with Crippen molar-refractivity contribution < 1.29 is 0 Å². The van der Waals surface area contributed by atoms with Crippen LogP contribution in [0.1, 0.15) is 5.56 Å². The third-order valence-electron chi connectivity index (χ3n) is 1.79. The molecule has 0 atom stereocenters.